The lowest BCUT2D eigenvalue weighted by Gasteiger charge is -2.13. The molecule has 0 aromatic heterocycles. The van der Waals surface area contributed by atoms with Crippen molar-refractivity contribution in [2.75, 3.05) is 7.11 Å². The fourth-order valence-electron chi connectivity index (χ4n) is 1.55. The van der Waals surface area contributed by atoms with Crippen molar-refractivity contribution < 1.29 is 9.53 Å². The highest BCUT2D eigenvalue weighted by atomic mass is 16.5. The molecular formula is C12H17N3O2. The Kier molecular flexibility index (Phi) is 4.09. The maximum absolute atomic E-state index is 10.5. The monoisotopic (exact) mass is 235 g/mol. The van der Waals surface area contributed by atoms with Gasteiger partial charge in [0.1, 0.15) is 5.75 Å². The maximum Gasteiger partial charge on any atom is 0.332 e. The summed E-state index contributed by atoms with van der Waals surface area (Å²) in [6, 6.07) is 1.25. The average Bonchev–Trinajstić information content (AvgIpc) is 2.28. The minimum Gasteiger partial charge on any atom is -0.496 e. The third kappa shape index (κ3) is 2.96. The van der Waals surface area contributed by atoms with E-state index in [1.807, 2.05) is 26.8 Å². The van der Waals surface area contributed by atoms with Crippen LogP contribution in [-0.2, 0) is 0 Å². The van der Waals surface area contributed by atoms with E-state index in [2.05, 4.69) is 10.5 Å². The van der Waals surface area contributed by atoms with Crippen LogP contribution < -0.4 is 15.9 Å². The summed E-state index contributed by atoms with van der Waals surface area (Å²) in [7, 11) is 1.60. The summed E-state index contributed by atoms with van der Waals surface area (Å²) in [5, 5.41) is 3.75. The minimum atomic E-state index is -0.693. The molecule has 1 rings (SSSR count). The quantitative estimate of drug-likeness (QED) is 0.617. The molecule has 3 N–H and O–H groups in total. The summed E-state index contributed by atoms with van der Waals surface area (Å²) < 4.78 is 5.28. The normalized spacial score (nSPS) is 10.6. The van der Waals surface area contributed by atoms with Crippen LogP contribution in [0.25, 0.3) is 0 Å². The summed E-state index contributed by atoms with van der Waals surface area (Å²) in [6.07, 6.45) is 1.53. The van der Waals surface area contributed by atoms with Gasteiger partial charge in [0.05, 0.1) is 13.3 Å². The molecule has 92 valence electrons. The second kappa shape index (κ2) is 5.34. The molecular weight excluding hydrogens is 218 g/mol. The van der Waals surface area contributed by atoms with E-state index < -0.39 is 6.03 Å². The topological polar surface area (TPSA) is 76.7 Å². The van der Waals surface area contributed by atoms with Crippen molar-refractivity contribution in [3.63, 3.8) is 0 Å². The summed E-state index contributed by atoms with van der Waals surface area (Å²) in [5.41, 5.74) is 11.3. The van der Waals surface area contributed by atoms with E-state index in [9.17, 15) is 4.79 Å². The van der Waals surface area contributed by atoms with Gasteiger partial charge < -0.3 is 10.5 Å². The zero-order valence-electron chi connectivity index (χ0n) is 10.5. The smallest absolute Gasteiger partial charge is 0.332 e. The molecule has 0 aliphatic heterocycles. The Hall–Kier alpha value is -2.04. The lowest BCUT2D eigenvalue weighted by atomic mass is 9.98. The molecule has 0 heterocycles. The number of urea groups is 1. The van der Waals surface area contributed by atoms with E-state index in [0.717, 1.165) is 22.4 Å². The number of benzene rings is 1. The van der Waals surface area contributed by atoms with Crippen LogP contribution in [0, 0.1) is 20.8 Å². The van der Waals surface area contributed by atoms with Gasteiger partial charge in [-0.15, -0.1) is 0 Å². The van der Waals surface area contributed by atoms with Crippen LogP contribution in [0.2, 0.25) is 0 Å². The number of nitrogens with two attached hydrogens (primary N) is 1. The fourth-order valence-corrected chi connectivity index (χ4v) is 1.55. The first-order valence-corrected chi connectivity index (χ1v) is 5.20. The molecule has 0 saturated carbocycles. The van der Waals surface area contributed by atoms with Gasteiger partial charge in [-0.1, -0.05) is 0 Å². The second-order valence-electron chi connectivity index (χ2n) is 3.79. The van der Waals surface area contributed by atoms with Crippen molar-refractivity contribution in [3.05, 3.63) is 28.3 Å². The summed E-state index contributed by atoms with van der Waals surface area (Å²) in [4.78, 5) is 10.5. The first-order valence-electron chi connectivity index (χ1n) is 5.20. The number of ether oxygens (including phenoxy) is 1. The van der Waals surface area contributed by atoms with Crippen LogP contribution in [0.5, 0.6) is 5.75 Å². The van der Waals surface area contributed by atoms with Crippen LogP contribution >= 0.6 is 0 Å². The van der Waals surface area contributed by atoms with Gasteiger partial charge in [0.25, 0.3) is 0 Å². The standard InChI is InChI=1S/C12H17N3O2/c1-7-5-11(17-4)10(9(3)8(7)2)6-14-15-12(13)16/h5-6H,1-4H3,(H3,13,15,16). The number of primary amides is 1. The Bertz CT molecular complexity index is 467. The molecule has 0 bridgehead atoms. The summed E-state index contributed by atoms with van der Waals surface area (Å²) in [5.74, 6) is 0.723. The molecule has 1 aromatic carbocycles. The molecule has 0 aliphatic carbocycles. The fraction of sp³-hybridized carbons (Fsp3) is 0.333. The number of carbonyl (C=O) groups excluding carboxylic acids is 1. The van der Waals surface area contributed by atoms with E-state index in [1.54, 1.807) is 7.11 Å². The molecule has 0 saturated heterocycles. The summed E-state index contributed by atoms with van der Waals surface area (Å²) >= 11 is 0. The lowest BCUT2D eigenvalue weighted by molar-refractivity contribution is 0.249. The van der Waals surface area contributed by atoms with Crippen molar-refractivity contribution in [2.45, 2.75) is 20.8 Å². The number of nitrogens with zero attached hydrogens (tertiary/aromatic N) is 1. The van der Waals surface area contributed by atoms with Gasteiger partial charge in [-0.2, -0.15) is 5.10 Å². The Balaban J connectivity index is 3.17. The zero-order chi connectivity index (χ0) is 13.0. The SMILES string of the molecule is COc1cc(C)c(C)c(C)c1C=NNC(N)=O. The lowest BCUT2D eigenvalue weighted by Crippen LogP contribution is -2.24. The number of nitrogens with one attached hydrogen (secondary N) is 1. The molecule has 0 spiro atoms. The molecule has 5 nitrogen and oxygen atoms in total. The predicted molar refractivity (Wildman–Crippen MR) is 67.5 cm³/mol. The van der Waals surface area contributed by atoms with Crippen LogP contribution in [-0.4, -0.2) is 19.4 Å². The number of hydrazone groups is 1. The van der Waals surface area contributed by atoms with Crippen molar-refractivity contribution in [3.8, 4) is 5.75 Å². The van der Waals surface area contributed by atoms with Crippen molar-refractivity contribution in [1.82, 2.24) is 5.43 Å². The van der Waals surface area contributed by atoms with Gasteiger partial charge in [-0.3, -0.25) is 0 Å². The van der Waals surface area contributed by atoms with Gasteiger partial charge in [-0.05, 0) is 43.5 Å². The number of rotatable bonds is 3. The third-order valence-corrected chi connectivity index (χ3v) is 2.76. The number of methoxy groups -OCH3 is 1. The first-order chi connectivity index (χ1) is 7.97. The van der Waals surface area contributed by atoms with Gasteiger partial charge in [0, 0.05) is 5.56 Å². The Labute approximate surface area is 101 Å². The van der Waals surface area contributed by atoms with Crippen molar-refractivity contribution in [2.24, 2.45) is 10.8 Å². The molecule has 17 heavy (non-hydrogen) atoms. The average molecular weight is 235 g/mol. The van der Waals surface area contributed by atoms with Crippen LogP contribution in [0.15, 0.2) is 11.2 Å². The molecule has 0 atom stereocenters. The number of aryl methyl sites for hydroxylation is 1. The molecule has 1 aromatic rings. The molecule has 5 heteroatoms. The molecule has 0 radical (unpaired) electrons. The Morgan fingerprint density at radius 2 is 2.06 bits per heavy atom. The molecule has 0 aliphatic rings. The van der Waals surface area contributed by atoms with E-state index in [1.165, 1.54) is 11.8 Å². The number of amides is 2. The van der Waals surface area contributed by atoms with Gasteiger partial charge >= 0.3 is 6.03 Å². The van der Waals surface area contributed by atoms with E-state index in [4.69, 9.17) is 10.5 Å². The number of hydrogen-bond acceptors (Lipinski definition) is 3. The van der Waals surface area contributed by atoms with Crippen LogP contribution in [0.3, 0.4) is 0 Å². The van der Waals surface area contributed by atoms with Gasteiger partial charge in [-0.25, -0.2) is 10.2 Å². The summed E-state index contributed by atoms with van der Waals surface area (Å²) in [6.45, 7) is 6.03. The highest BCUT2D eigenvalue weighted by molar-refractivity contribution is 5.87. The van der Waals surface area contributed by atoms with Crippen LogP contribution in [0.1, 0.15) is 22.3 Å². The van der Waals surface area contributed by atoms with Gasteiger partial charge in [0.2, 0.25) is 0 Å². The molecule has 0 fully saturated rings. The Morgan fingerprint density at radius 3 is 2.59 bits per heavy atom. The molecule has 0 unspecified atom stereocenters. The minimum absolute atomic E-state index is 0.693. The maximum atomic E-state index is 10.5. The van der Waals surface area contributed by atoms with E-state index in [-0.39, 0.29) is 0 Å². The zero-order valence-corrected chi connectivity index (χ0v) is 10.5. The van der Waals surface area contributed by atoms with Crippen LogP contribution in [0.4, 0.5) is 4.79 Å². The van der Waals surface area contributed by atoms with Gasteiger partial charge in [0.15, 0.2) is 0 Å². The largest absolute Gasteiger partial charge is 0.496 e. The Morgan fingerprint density at radius 1 is 1.41 bits per heavy atom. The first kappa shape index (κ1) is 13.0. The molecule has 2 amide bonds. The number of carbonyl (C=O) groups is 1. The van der Waals surface area contributed by atoms with E-state index >= 15 is 0 Å². The van der Waals surface area contributed by atoms with E-state index in [0.29, 0.717) is 0 Å². The predicted octanol–water partition coefficient (Wildman–Crippen LogP) is 1.62. The highest BCUT2D eigenvalue weighted by Crippen LogP contribution is 2.26. The van der Waals surface area contributed by atoms with Crippen molar-refractivity contribution in [1.29, 1.82) is 0 Å². The number of hydrogen-bond donors (Lipinski definition) is 2. The second-order valence-corrected chi connectivity index (χ2v) is 3.79. The third-order valence-electron chi connectivity index (χ3n) is 2.76. The highest BCUT2D eigenvalue weighted by Gasteiger charge is 2.09. The van der Waals surface area contributed by atoms with Crippen molar-refractivity contribution >= 4 is 12.2 Å².